The Labute approximate surface area is 114 Å². The first-order chi connectivity index (χ1) is 8.88. The zero-order chi connectivity index (χ0) is 12.6. The van der Waals surface area contributed by atoms with Gasteiger partial charge in [-0.25, -0.2) is 0 Å². The van der Waals surface area contributed by atoms with Gasteiger partial charge in [-0.05, 0) is 42.0 Å². The predicted octanol–water partition coefficient (Wildman–Crippen LogP) is 4.76. The van der Waals surface area contributed by atoms with Crippen LogP contribution >= 0.6 is 12.6 Å². The van der Waals surface area contributed by atoms with E-state index >= 15 is 0 Å². The molecule has 0 spiro atoms. The Morgan fingerprint density at radius 3 is 2.22 bits per heavy atom. The third-order valence-corrected chi connectivity index (χ3v) is 2.84. The Bertz CT molecular complexity index is 488. The summed E-state index contributed by atoms with van der Waals surface area (Å²) in [4.78, 5) is 0. The lowest BCUT2D eigenvalue weighted by Gasteiger charge is -2.06. The van der Waals surface area contributed by atoms with Crippen molar-refractivity contribution in [2.45, 2.75) is 6.42 Å². The summed E-state index contributed by atoms with van der Waals surface area (Å²) in [5.74, 6) is 0.893. The third-order valence-electron chi connectivity index (χ3n) is 2.58. The molecule has 2 aromatic rings. The van der Waals surface area contributed by atoms with Crippen LogP contribution in [0.2, 0.25) is 0 Å². The van der Waals surface area contributed by atoms with Crippen LogP contribution in [-0.4, -0.2) is 5.75 Å². The monoisotopic (exact) mass is 255 g/mol. The Hall–Kier alpha value is -1.67. The second kappa shape index (κ2) is 6.92. The van der Waals surface area contributed by atoms with Crippen molar-refractivity contribution in [3.63, 3.8) is 0 Å². The molecular formula is C16H17NS. The molecule has 0 atom stereocenters. The average molecular weight is 255 g/mol. The summed E-state index contributed by atoms with van der Waals surface area (Å²) in [6, 6.07) is 18.6. The van der Waals surface area contributed by atoms with E-state index < -0.39 is 0 Å². The van der Waals surface area contributed by atoms with E-state index in [9.17, 15) is 0 Å². The van der Waals surface area contributed by atoms with Gasteiger partial charge < -0.3 is 5.32 Å². The predicted molar refractivity (Wildman–Crippen MR) is 83.7 cm³/mol. The fourth-order valence-corrected chi connectivity index (χ4v) is 1.81. The second-order valence-electron chi connectivity index (χ2n) is 4.03. The number of rotatable bonds is 5. The van der Waals surface area contributed by atoms with Crippen molar-refractivity contribution >= 4 is 30.1 Å². The lowest BCUT2D eigenvalue weighted by Crippen LogP contribution is -1.89. The van der Waals surface area contributed by atoms with Crippen LogP contribution in [0.1, 0.15) is 12.0 Å². The summed E-state index contributed by atoms with van der Waals surface area (Å²) in [6.45, 7) is 0. The minimum atomic E-state index is 0.893. The molecule has 0 saturated heterocycles. The lowest BCUT2D eigenvalue weighted by atomic mass is 10.2. The Morgan fingerprint density at radius 2 is 1.56 bits per heavy atom. The summed E-state index contributed by atoms with van der Waals surface area (Å²) >= 11 is 4.18. The van der Waals surface area contributed by atoms with Crippen LogP contribution in [0, 0.1) is 0 Å². The first kappa shape index (κ1) is 12.8. The minimum absolute atomic E-state index is 0.893. The van der Waals surface area contributed by atoms with E-state index in [4.69, 9.17) is 0 Å². The molecule has 0 unspecified atom stereocenters. The van der Waals surface area contributed by atoms with E-state index in [1.54, 1.807) is 0 Å². The van der Waals surface area contributed by atoms with Gasteiger partial charge in [-0.3, -0.25) is 0 Å². The van der Waals surface area contributed by atoms with Gasteiger partial charge in [0.25, 0.3) is 0 Å². The van der Waals surface area contributed by atoms with Crippen molar-refractivity contribution in [3.8, 4) is 0 Å². The van der Waals surface area contributed by atoms with Crippen molar-refractivity contribution in [1.82, 2.24) is 0 Å². The SMILES string of the molecule is SCCC=Cc1ccc(Nc2ccccc2)cc1. The molecule has 0 fully saturated rings. The molecule has 0 aliphatic rings. The highest BCUT2D eigenvalue weighted by Crippen LogP contribution is 2.17. The van der Waals surface area contributed by atoms with Crippen LogP contribution < -0.4 is 5.32 Å². The first-order valence-corrected chi connectivity index (χ1v) is 6.71. The van der Waals surface area contributed by atoms with Crippen LogP contribution in [-0.2, 0) is 0 Å². The van der Waals surface area contributed by atoms with Gasteiger partial charge >= 0.3 is 0 Å². The average Bonchev–Trinajstić information content (AvgIpc) is 2.42. The molecule has 0 bridgehead atoms. The molecule has 18 heavy (non-hydrogen) atoms. The van der Waals surface area contributed by atoms with Gasteiger partial charge in [-0.15, -0.1) is 0 Å². The molecule has 0 amide bonds. The van der Waals surface area contributed by atoms with E-state index in [-0.39, 0.29) is 0 Å². The van der Waals surface area contributed by atoms with Crippen molar-refractivity contribution in [2.75, 3.05) is 11.1 Å². The van der Waals surface area contributed by atoms with Gasteiger partial charge in [0.1, 0.15) is 0 Å². The molecule has 2 aromatic carbocycles. The summed E-state index contributed by atoms with van der Waals surface area (Å²) in [7, 11) is 0. The number of allylic oxidation sites excluding steroid dienone is 1. The number of para-hydroxylation sites is 1. The molecule has 2 rings (SSSR count). The largest absolute Gasteiger partial charge is 0.356 e. The highest BCUT2D eigenvalue weighted by molar-refractivity contribution is 7.80. The van der Waals surface area contributed by atoms with E-state index in [1.807, 2.05) is 18.2 Å². The summed E-state index contributed by atoms with van der Waals surface area (Å²) in [5, 5.41) is 3.36. The lowest BCUT2D eigenvalue weighted by molar-refractivity contribution is 1.26. The highest BCUT2D eigenvalue weighted by Gasteiger charge is 1.93. The Balaban J connectivity index is 2.00. The van der Waals surface area contributed by atoms with Crippen LogP contribution in [0.15, 0.2) is 60.7 Å². The molecule has 1 nitrogen and oxygen atoms in total. The molecule has 0 aliphatic carbocycles. The molecule has 0 radical (unpaired) electrons. The number of benzene rings is 2. The molecule has 0 heterocycles. The van der Waals surface area contributed by atoms with Gasteiger partial charge in [0.2, 0.25) is 0 Å². The van der Waals surface area contributed by atoms with E-state index in [1.165, 1.54) is 5.56 Å². The fourth-order valence-electron chi connectivity index (χ4n) is 1.66. The Kier molecular flexibility index (Phi) is 4.91. The number of nitrogens with one attached hydrogen (secondary N) is 1. The van der Waals surface area contributed by atoms with E-state index in [0.717, 1.165) is 23.5 Å². The molecular weight excluding hydrogens is 238 g/mol. The zero-order valence-corrected chi connectivity index (χ0v) is 11.1. The van der Waals surface area contributed by atoms with Crippen LogP contribution in [0.4, 0.5) is 11.4 Å². The van der Waals surface area contributed by atoms with Gasteiger partial charge in [-0.1, -0.05) is 42.5 Å². The number of hydrogen-bond donors (Lipinski definition) is 2. The van der Waals surface area contributed by atoms with E-state index in [0.29, 0.717) is 0 Å². The number of anilines is 2. The third kappa shape index (κ3) is 3.97. The summed E-state index contributed by atoms with van der Waals surface area (Å²) in [5.41, 5.74) is 3.43. The van der Waals surface area contributed by atoms with Crippen LogP contribution in [0.25, 0.3) is 6.08 Å². The van der Waals surface area contributed by atoms with Gasteiger partial charge in [0, 0.05) is 11.4 Å². The molecule has 92 valence electrons. The van der Waals surface area contributed by atoms with Crippen molar-refractivity contribution in [2.24, 2.45) is 0 Å². The summed E-state index contributed by atoms with van der Waals surface area (Å²) in [6.07, 6.45) is 5.28. The van der Waals surface area contributed by atoms with Crippen LogP contribution in [0.5, 0.6) is 0 Å². The topological polar surface area (TPSA) is 12.0 Å². The maximum absolute atomic E-state index is 4.18. The van der Waals surface area contributed by atoms with Crippen molar-refractivity contribution in [1.29, 1.82) is 0 Å². The van der Waals surface area contributed by atoms with Crippen LogP contribution in [0.3, 0.4) is 0 Å². The molecule has 0 aliphatic heterocycles. The van der Waals surface area contributed by atoms with Crippen molar-refractivity contribution in [3.05, 3.63) is 66.2 Å². The molecule has 0 aromatic heterocycles. The van der Waals surface area contributed by atoms with Gasteiger partial charge in [0.15, 0.2) is 0 Å². The maximum Gasteiger partial charge on any atom is 0.0384 e. The molecule has 1 N–H and O–H groups in total. The minimum Gasteiger partial charge on any atom is -0.356 e. The molecule has 2 heteroatoms. The number of thiol groups is 1. The fraction of sp³-hybridized carbons (Fsp3) is 0.125. The smallest absolute Gasteiger partial charge is 0.0384 e. The van der Waals surface area contributed by atoms with Gasteiger partial charge in [0.05, 0.1) is 0 Å². The molecule has 0 saturated carbocycles. The first-order valence-electron chi connectivity index (χ1n) is 6.08. The normalized spacial score (nSPS) is 10.7. The van der Waals surface area contributed by atoms with E-state index in [2.05, 4.69) is 66.5 Å². The highest BCUT2D eigenvalue weighted by atomic mass is 32.1. The second-order valence-corrected chi connectivity index (χ2v) is 4.47. The Morgan fingerprint density at radius 1 is 0.889 bits per heavy atom. The summed E-state index contributed by atoms with van der Waals surface area (Å²) < 4.78 is 0. The maximum atomic E-state index is 4.18. The standard InChI is InChI=1S/C16H17NS/c18-13-5-4-6-14-9-11-16(12-10-14)17-15-7-2-1-3-8-15/h1-4,6-12,17-18H,5,13H2. The quantitative estimate of drug-likeness (QED) is 0.734. The van der Waals surface area contributed by atoms with Crippen molar-refractivity contribution < 1.29 is 0 Å². The number of hydrogen-bond acceptors (Lipinski definition) is 2. The van der Waals surface area contributed by atoms with Gasteiger partial charge in [-0.2, -0.15) is 12.6 Å². The zero-order valence-electron chi connectivity index (χ0n) is 10.2.